The van der Waals surface area contributed by atoms with E-state index >= 15 is 0 Å². The number of rotatable bonds is 3. The van der Waals surface area contributed by atoms with E-state index in [0.717, 1.165) is 18.1 Å². The van der Waals surface area contributed by atoms with Crippen LogP contribution in [0.25, 0.3) is 0 Å². The molecule has 0 aromatic heterocycles. The van der Waals surface area contributed by atoms with Crippen molar-refractivity contribution in [2.75, 3.05) is 13.1 Å². The van der Waals surface area contributed by atoms with Gasteiger partial charge in [0.25, 0.3) is 0 Å². The van der Waals surface area contributed by atoms with Crippen molar-refractivity contribution in [3.8, 4) is 0 Å². The van der Waals surface area contributed by atoms with Crippen molar-refractivity contribution in [1.29, 1.82) is 0 Å². The second-order valence-corrected chi connectivity index (χ2v) is 4.92. The van der Waals surface area contributed by atoms with Gasteiger partial charge in [0.2, 0.25) is 0 Å². The van der Waals surface area contributed by atoms with Gasteiger partial charge in [0, 0.05) is 23.7 Å². The van der Waals surface area contributed by atoms with Crippen molar-refractivity contribution in [1.82, 2.24) is 10.6 Å². The molecule has 1 saturated heterocycles. The summed E-state index contributed by atoms with van der Waals surface area (Å²) in [7, 11) is 0. The molecule has 3 heteroatoms. The Morgan fingerprint density at radius 1 is 1.38 bits per heavy atom. The van der Waals surface area contributed by atoms with E-state index in [1.807, 2.05) is 12.1 Å². The predicted molar refractivity (Wildman–Crippen MR) is 68.9 cm³/mol. The molecule has 0 saturated carbocycles. The Morgan fingerprint density at radius 2 is 2.12 bits per heavy atom. The molecule has 2 rings (SSSR count). The number of piperidine rings is 1. The molecular weight excluding hydrogens is 220 g/mol. The summed E-state index contributed by atoms with van der Waals surface area (Å²) in [5, 5.41) is 7.87. The lowest BCUT2D eigenvalue weighted by Gasteiger charge is -2.27. The highest BCUT2D eigenvalue weighted by Crippen LogP contribution is 2.17. The van der Waals surface area contributed by atoms with Crippen molar-refractivity contribution in [2.24, 2.45) is 0 Å². The number of hydrogen-bond acceptors (Lipinski definition) is 2. The second kappa shape index (κ2) is 5.67. The van der Waals surface area contributed by atoms with Crippen LogP contribution in [0.4, 0.5) is 0 Å². The Balaban J connectivity index is 1.91. The molecule has 1 aliphatic rings. The summed E-state index contributed by atoms with van der Waals surface area (Å²) in [6.45, 7) is 4.45. The van der Waals surface area contributed by atoms with Crippen molar-refractivity contribution < 1.29 is 0 Å². The maximum Gasteiger partial charge on any atom is 0.0406 e. The highest BCUT2D eigenvalue weighted by molar-refractivity contribution is 6.30. The fourth-order valence-corrected chi connectivity index (χ4v) is 2.32. The minimum Gasteiger partial charge on any atom is -0.315 e. The average molecular weight is 239 g/mol. The lowest BCUT2D eigenvalue weighted by Crippen LogP contribution is -2.43. The number of hydrogen-bond donors (Lipinski definition) is 2. The topological polar surface area (TPSA) is 24.1 Å². The third-order valence-electron chi connectivity index (χ3n) is 3.15. The van der Waals surface area contributed by atoms with E-state index in [1.165, 1.54) is 18.4 Å². The fraction of sp³-hybridized carbons (Fsp3) is 0.538. The summed E-state index contributed by atoms with van der Waals surface area (Å²) < 4.78 is 0. The van der Waals surface area contributed by atoms with Crippen LogP contribution in [0, 0.1) is 0 Å². The fourth-order valence-electron chi connectivity index (χ4n) is 2.20. The van der Waals surface area contributed by atoms with Gasteiger partial charge in [-0.05, 0) is 44.0 Å². The molecule has 2 unspecified atom stereocenters. The molecule has 2 N–H and O–H groups in total. The minimum atomic E-state index is 0.391. The van der Waals surface area contributed by atoms with Gasteiger partial charge < -0.3 is 10.6 Å². The summed E-state index contributed by atoms with van der Waals surface area (Å²) in [5.74, 6) is 0. The second-order valence-electron chi connectivity index (χ2n) is 4.48. The van der Waals surface area contributed by atoms with Gasteiger partial charge in [0.15, 0.2) is 0 Å². The maximum absolute atomic E-state index is 5.88. The van der Waals surface area contributed by atoms with Crippen LogP contribution in [-0.2, 0) is 0 Å². The summed E-state index contributed by atoms with van der Waals surface area (Å²) >= 11 is 5.88. The zero-order chi connectivity index (χ0) is 11.4. The first-order valence-electron chi connectivity index (χ1n) is 5.98. The lowest BCUT2D eigenvalue weighted by atomic mass is 10.0. The smallest absolute Gasteiger partial charge is 0.0406 e. The number of halogens is 1. The zero-order valence-electron chi connectivity index (χ0n) is 9.67. The van der Waals surface area contributed by atoms with E-state index in [4.69, 9.17) is 11.6 Å². The van der Waals surface area contributed by atoms with Crippen LogP contribution < -0.4 is 10.6 Å². The van der Waals surface area contributed by atoms with Crippen molar-refractivity contribution >= 4 is 11.6 Å². The zero-order valence-corrected chi connectivity index (χ0v) is 10.4. The van der Waals surface area contributed by atoms with E-state index in [2.05, 4.69) is 29.7 Å². The Hall–Kier alpha value is -0.570. The van der Waals surface area contributed by atoms with E-state index in [0.29, 0.717) is 12.1 Å². The summed E-state index contributed by atoms with van der Waals surface area (Å²) in [4.78, 5) is 0. The van der Waals surface area contributed by atoms with Gasteiger partial charge in [-0.15, -0.1) is 0 Å². The van der Waals surface area contributed by atoms with Gasteiger partial charge >= 0.3 is 0 Å². The van der Waals surface area contributed by atoms with Crippen LogP contribution in [0.3, 0.4) is 0 Å². The van der Waals surface area contributed by atoms with E-state index in [1.54, 1.807) is 0 Å². The van der Waals surface area contributed by atoms with Gasteiger partial charge in [-0.2, -0.15) is 0 Å². The van der Waals surface area contributed by atoms with Gasteiger partial charge in [-0.1, -0.05) is 23.7 Å². The Bertz CT molecular complexity index is 317. The van der Waals surface area contributed by atoms with Crippen molar-refractivity contribution in [2.45, 2.75) is 31.8 Å². The first-order valence-corrected chi connectivity index (χ1v) is 6.36. The molecule has 1 heterocycles. The molecular formula is C13H19ClN2. The Labute approximate surface area is 102 Å². The first kappa shape index (κ1) is 11.9. The SMILES string of the molecule is CC(NC1CCCNC1)c1ccc(Cl)cc1. The molecule has 0 spiro atoms. The molecule has 16 heavy (non-hydrogen) atoms. The summed E-state index contributed by atoms with van der Waals surface area (Å²) in [6.07, 6.45) is 2.54. The molecule has 88 valence electrons. The van der Waals surface area contributed by atoms with Crippen LogP contribution >= 0.6 is 11.6 Å². The molecule has 1 fully saturated rings. The van der Waals surface area contributed by atoms with Crippen LogP contribution in [0.5, 0.6) is 0 Å². The molecule has 1 aliphatic heterocycles. The van der Waals surface area contributed by atoms with Crippen LogP contribution in [0.15, 0.2) is 24.3 Å². The number of benzene rings is 1. The Morgan fingerprint density at radius 3 is 2.75 bits per heavy atom. The molecule has 0 bridgehead atoms. The summed E-state index contributed by atoms with van der Waals surface area (Å²) in [6, 6.07) is 9.08. The minimum absolute atomic E-state index is 0.391. The highest BCUT2D eigenvalue weighted by atomic mass is 35.5. The first-order chi connectivity index (χ1) is 7.75. The summed E-state index contributed by atoms with van der Waals surface area (Å²) in [5.41, 5.74) is 1.30. The third-order valence-corrected chi connectivity index (χ3v) is 3.40. The normalized spacial score (nSPS) is 23.0. The molecule has 0 amide bonds. The third kappa shape index (κ3) is 3.21. The molecule has 1 aromatic carbocycles. The van der Waals surface area contributed by atoms with E-state index in [-0.39, 0.29) is 0 Å². The Kier molecular flexibility index (Phi) is 4.22. The van der Waals surface area contributed by atoms with Crippen molar-refractivity contribution in [3.05, 3.63) is 34.9 Å². The van der Waals surface area contributed by atoms with Crippen LogP contribution in [0.1, 0.15) is 31.4 Å². The van der Waals surface area contributed by atoms with Gasteiger partial charge in [0.05, 0.1) is 0 Å². The molecule has 2 nitrogen and oxygen atoms in total. The number of nitrogens with one attached hydrogen (secondary N) is 2. The van der Waals surface area contributed by atoms with Crippen molar-refractivity contribution in [3.63, 3.8) is 0 Å². The van der Waals surface area contributed by atoms with E-state index in [9.17, 15) is 0 Å². The molecule has 0 aliphatic carbocycles. The standard InChI is InChI=1S/C13H19ClN2/c1-10(11-4-6-12(14)7-5-11)16-13-3-2-8-15-9-13/h4-7,10,13,15-16H,2-3,8-9H2,1H3. The van der Waals surface area contributed by atoms with Gasteiger partial charge in [0.1, 0.15) is 0 Å². The van der Waals surface area contributed by atoms with Gasteiger partial charge in [-0.3, -0.25) is 0 Å². The molecule has 0 radical (unpaired) electrons. The largest absolute Gasteiger partial charge is 0.315 e. The lowest BCUT2D eigenvalue weighted by molar-refractivity contribution is 0.362. The van der Waals surface area contributed by atoms with Crippen LogP contribution in [0.2, 0.25) is 5.02 Å². The molecule has 2 atom stereocenters. The monoisotopic (exact) mass is 238 g/mol. The molecule has 1 aromatic rings. The highest BCUT2D eigenvalue weighted by Gasteiger charge is 2.15. The van der Waals surface area contributed by atoms with Gasteiger partial charge in [-0.25, -0.2) is 0 Å². The predicted octanol–water partition coefficient (Wildman–Crippen LogP) is 2.74. The maximum atomic E-state index is 5.88. The van der Waals surface area contributed by atoms with Crippen LogP contribution in [-0.4, -0.2) is 19.1 Å². The van der Waals surface area contributed by atoms with E-state index < -0.39 is 0 Å². The average Bonchev–Trinajstić information content (AvgIpc) is 2.31. The quantitative estimate of drug-likeness (QED) is 0.846.